The smallest absolute Gasteiger partial charge is 0.407 e. The topological polar surface area (TPSA) is 165 Å². The lowest BCUT2D eigenvalue weighted by atomic mass is 10.0. The van der Waals surface area contributed by atoms with Crippen molar-refractivity contribution in [2.45, 2.75) is 44.2 Å². The number of aromatic nitrogens is 2. The number of carbonyl (C=O) groups is 4. The summed E-state index contributed by atoms with van der Waals surface area (Å²) < 4.78 is 5.44. The number of piperazine rings is 1. The quantitative estimate of drug-likeness (QED) is 0.386. The maximum atomic E-state index is 13.6. The molecule has 3 heterocycles. The van der Waals surface area contributed by atoms with Gasteiger partial charge in [-0.1, -0.05) is 30.3 Å². The zero-order valence-electron chi connectivity index (χ0n) is 23.1. The van der Waals surface area contributed by atoms with E-state index < -0.39 is 29.9 Å². The maximum absolute atomic E-state index is 13.6. The van der Waals surface area contributed by atoms with E-state index in [-0.39, 0.29) is 50.8 Å². The molecule has 3 amide bonds. The molecule has 4 rings (SSSR count). The molecule has 1 aromatic carbocycles. The normalized spacial score (nSPS) is 18.1. The van der Waals surface area contributed by atoms with E-state index in [9.17, 15) is 29.4 Å². The third-order valence-electron chi connectivity index (χ3n) is 7.37. The molecule has 41 heavy (non-hydrogen) atoms. The number of carboxylic acids is 1. The molecule has 220 valence electrons. The minimum Gasteiger partial charge on any atom is -0.481 e. The standard InChI is InChI=1S/C28H36N6O7/c1-41-18-20-9-5-6-12-34(20)23-17-22(29-25(31-23)19-7-3-2-4-8-19)26(37)30-21(10-11-24(35)36)27(38)32-13-15-33(16-14-32)28(39)40/h2-4,7-8,17,20-21H,5-6,9-16,18H2,1H3,(H,30,37)(H,35,36)(H,39,40). The molecule has 0 bridgehead atoms. The van der Waals surface area contributed by atoms with Gasteiger partial charge in [-0.2, -0.15) is 0 Å². The van der Waals surface area contributed by atoms with E-state index >= 15 is 0 Å². The van der Waals surface area contributed by atoms with Crippen LogP contribution < -0.4 is 10.2 Å². The second-order valence-electron chi connectivity index (χ2n) is 10.2. The van der Waals surface area contributed by atoms with Crippen LogP contribution in [0.3, 0.4) is 0 Å². The Morgan fingerprint density at radius 3 is 2.37 bits per heavy atom. The van der Waals surface area contributed by atoms with Crippen LogP contribution in [0.25, 0.3) is 11.4 Å². The van der Waals surface area contributed by atoms with Crippen LogP contribution in [0.4, 0.5) is 10.6 Å². The third kappa shape index (κ3) is 7.69. The van der Waals surface area contributed by atoms with E-state index in [4.69, 9.17) is 9.72 Å². The molecule has 13 nitrogen and oxygen atoms in total. The summed E-state index contributed by atoms with van der Waals surface area (Å²) in [6.45, 7) is 1.81. The van der Waals surface area contributed by atoms with Crippen LogP contribution in [0.15, 0.2) is 36.4 Å². The number of hydrogen-bond acceptors (Lipinski definition) is 8. The summed E-state index contributed by atoms with van der Waals surface area (Å²) in [7, 11) is 1.65. The molecule has 0 radical (unpaired) electrons. The Morgan fingerprint density at radius 2 is 1.71 bits per heavy atom. The van der Waals surface area contributed by atoms with Gasteiger partial charge >= 0.3 is 12.1 Å². The summed E-state index contributed by atoms with van der Waals surface area (Å²) in [6, 6.07) is 9.82. The number of rotatable bonds is 10. The number of nitrogens with one attached hydrogen (secondary N) is 1. The Balaban J connectivity index is 1.61. The van der Waals surface area contributed by atoms with E-state index in [0.717, 1.165) is 31.4 Å². The Labute approximate surface area is 238 Å². The van der Waals surface area contributed by atoms with Gasteiger partial charge in [-0.25, -0.2) is 14.8 Å². The zero-order valence-corrected chi connectivity index (χ0v) is 23.1. The van der Waals surface area contributed by atoms with Crippen molar-refractivity contribution in [1.29, 1.82) is 0 Å². The Bertz CT molecular complexity index is 1230. The van der Waals surface area contributed by atoms with Crippen molar-refractivity contribution in [2.24, 2.45) is 0 Å². The predicted molar refractivity (Wildman–Crippen MR) is 149 cm³/mol. The number of ether oxygens (including phenoxy) is 1. The van der Waals surface area contributed by atoms with Gasteiger partial charge in [0.25, 0.3) is 5.91 Å². The first-order valence-electron chi connectivity index (χ1n) is 13.8. The first kappa shape index (κ1) is 29.7. The van der Waals surface area contributed by atoms with Gasteiger partial charge in [0.2, 0.25) is 5.91 Å². The molecule has 2 fully saturated rings. The zero-order chi connectivity index (χ0) is 29.4. The lowest BCUT2D eigenvalue weighted by molar-refractivity contribution is -0.138. The van der Waals surface area contributed by atoms with Crippen molar-refractivity contribution in [1.82, 2.24) is 25.1 Å². The van der Waals surface area contributed by atoms with Gasteiger partial charge in [0.15, 0.2) is 5.82 Å². The fraction of sp³-hybridized carbons (Fsp3) is 0.500. The summed E-state index contributed by atoms with van der Waals surface area (Å²) in [6.07, 6.45) is 1.42. The molecular weight excluding hydrogens is 532 g/mol. The largest absolute Gasteiger partial charge is 0.481 e. The summed E-state index contributed by atoms with van der Waals surface area (Å²) in [5.74, 6) is -1.26. The van der Waals surface area contributed by atoms with Crippen LogP contribution in [0.5, 0.6) is 0 Å². The van der Waals surface area contributed by atoms with Crippen molar-refractivity contribution in [3.8, 4) is 11.4 Å². The van der Waals surface area contributed by atoms with Crippen molar-refractivity contribution in [2.75, 3.05) is 51.3 Å². The molecule has 2 aromatic rings. The second kappa shape index (κ2) is 13.9. The average molecular weight is 569 g/mol. The third-order valence-corrected chi connectivity index (χ3v) is 7.37. The molecular formula is C28H36N6O7. The molecule has 2 aliphatic heterocycles. The van der Waals surface area contributed by atoms with Crippen LogP contribution >= 0.6 is 0 Å². The number of hydrogen-bond donors (Lipinski definition) is 3. The van der Waals surface area contributed by atoms with Gasteiger partial charge in [-0.05, 0) is 25.7 Å². The number of anilines is 1. The minimum atomic E-state index is -1.12. The maximum Gasteiger partial charge on any atom is 0.407 e. The highest BCUT2D eigenvalue weighted by atomic mass is 16.5. The summed E-state index contributed by atoms with van der Waals surface area (Å²) in [5, 5.41) is 21.2. The van der Waals surface area contributed by atoms with Gasteiger partial charge in [0.1, 0.15) is 17.6 Å². The lowest BCUT2D eigenvalue weighted by Crippen LogP contribution is -2.55. The highest BCUT2D eigenvalue weighted by Crippen LogP contribution is 2.27. The Hall–Kier alpha value is -4.26. The van der Waals surface area contributed by atoms with Gasteiger partial charge in [-0.3, -0.25) is 14.4 Å². The molecule has 2 aliphatic rings. The van der Waals surface area contributed by atoms with Gasteiger partial charge in [0, 0.05) is 57.9 Å². The van der Waals surface area contributed by atoms with Gasteiger partial charge < -0.3 is 35.0 Å². The van der Waals surface area contributed by atoms with Crippen LogP contribution in [-0.2, 0) is 14.3 Å². The molecule has 0 aliphatic carbocycles. The van der Waals surface area contributed by atoms with Crippen molar-refractivity contribution < 1.29 is 34.1 Å². The summed E-state index contributed by atoms with van der Waals surface area (Å²) in [4.78, 5) is 63.7. The van der Waals surface area contributed by atoms with Gasteiger partial charge in [-0.15, -0.1) is 0 Å². The van der Waals surface area contributed by atoms with Crippen molar-refractivity contribution in [3.63, 3.8) is 0 Å². The van der Waals surface area contributed by atoms with Crippen LogP contribution in [-0.4, -0.2) is 112 Å². The predicted octanol–water partition coefficient (Wildman–Crippen LogP) is 1.93. The second-order valence-corrected chi connectivity index (χ2v) is 10.2. The number of aliphatic carboxylic acids is 1. The highest BCUT2D eigenvalue weighted by Gasteiger charge is 2.31. The number of nitrogens with zero attached hydrogens (tertiary/aromatic N) is 5. The van der Waals surface area contributed by atoms with Crippen LogP contribution in [0, 0.1) is 0 Å². The Morgan fingerprint density at radius 1 is 1.00 bits per heavy atom. The van der Waals surface area contributed by atoms with E-state index in [2.05, 4.69) is 15.2 Å². The molecule has 2 atom stereocenters. The number of benzene rings is 1. The lowest BCUT2D eigenvalue weighted by Gasteiger charge is -2.36. The number of methoxy groups -OCH3 is 1. The number of piperidine rings is 1. The number of carbonyl (C=O) groups excluding carboxylic acids is 2. The molecule has 0 spiro atoms. The molecule has 3 N–H and O–H groups in total. The van der Waals surface area contributed by atoms with E-state index in [0.29, 0.717) is 18.2 Å². The van der Waals surface area contributed by atoms with Crippen molar-refractivity contribution in [3.05, 3.63) is 42.1 Å². The SMILES string of the molecule is COCC1CCCCN1c1cc(C(=O)NC(CCC(=O)O)C(=O)N2CCN(C(=O)O)CC2)nc(-c2ccccc2)n1. The van der Waals surface area contributed by atoms with E-state index in [1.165, 1.54) is 9.80 Å². The summed E-state index contributed by atoms with van der Waals surface area (Å²) >= 11 is 0. The van der Waals surface area contributed by atoms with Crippen LogP contribution in [0.2, 0.25) is 0 Å². The minimum absolute atomic E-state index is 0.0550. The first-order chi connectivity index (χ1) is 19.8. The van der Waals surface area contributed by atoms with Crippen LogP contribution in [0.1, 0.15) is 42.6 Å². The fourth-order valence-corrected chi connectivity index (χ4v) is 5.18. The van der Waals surface area contributed by atoms with Crippen molar-refractivity contribution >= 4 is 29.7 Å². The fourth-order valence-electron chi connectivity index (χ4n) is 5.18. The molecule has 2 saturated heterocycles. The molecule has 0 saturated carbocycles. The highest BCUT2D eigenvalue weighted by molar-refractivity contribution is 5.97. The molecule has 13 heteroatoms. The Kier molecular flexibility index (Phi) is 10.1. The first-order valence-corrected chi connectivity index (χ1v) is 13.8. The van der Waals surface area contributed by atoms with E-state index in [1.54, 1.807) is 13.2 Å². The molecule has 2 unspecified atom stereocenters. The van der Waals surface area contributed by atoms with Gasteiger partial charge in [0.05, 0.1) is 12.6 Å². The number of amides is 3. The summed E-state index contributed by atoms with van der Waals surface area (Å²) in [5.41, 5.74) is 0.776. The molecule has 1 aromatic heterocycles. The monoisotopic (exact) mass is 568 g/mol. The average Bonchev–Trinajstić information content (AvgIpc) is 2.99. The van der Waals surface area contributed by atoms with E-state index in [1.807, 2.05) is 30.3 Å². The number of carboxylic acid groups (broad SMARTS) is 2.